The zero-order valence-corrected chi connectivity index (χ0v) is 5.74. The van der Waals surface area contributed by atoms with Crippen molar-refractivity contribution in [2.75, 3.05) is 13.2 Å². The molecule has 1 rings (SSSR count). The van der Waals surface area contributed by atoms with E-state index in [1.807, 2.05) is 0 Å². The van der Waals surface area contributed by atoms with Gasteiger partial charge in [-0.2, -0.15) is 5.06 Å². The van der Waals surface area contributed by atoms with Crippen LogP contribution in [0, 0.1) is 0 Å². The molecule has 0 aromatic carbocycles. The first kappa shape index (κ1) is 8.21. The lowest BCUT2D eigenvalue weighted by molar-refractivity contribution is -0.0884. The maximum Gasteiger partial charge on any atom is 0.366 e. The number of nitrogens with zero attached hydrogens (tertiary/aromatic N) is 1. The van der Waals surface area contributed by atoms with Crippen molar-refractivity contribution >= 4 is 6.03 Å². The summed E-state index contributed by atoms with van der Waals surface area (Å²) in [5.41, 5.74) is 1.31. The molecule has 0 bridgehead atoms. The number of hydroxylamine groups is 3. The van der Waals surface area contributed by atoms with Crippen molar-refractivity contribution in [2.24, 2.45) is 0 Å². The number of carbonyl (C=O) groups excluding carboxylic acids is 1. The fourth-order valence-electron chi connectivity index (χ4n) is 0.837. The predicted octanol–water partition coefficient (Wildman–Crippen LogP) is -1.75. The molecule has 1 saturated heterocycles. The summed E-state index contributed by atoms with van der Waals surface area (Å²) >= 11 is 0. The van der Waals surface area contributed by atoms with Crippen LogP contribution in [0.25, 0.3) is 0 Å². The third-order valence-electron chi connectivity index (χ3n) is 1.40. The first-order valence-electron chi connectivity index (χ1n) is 3.12. The summed E-state index contributed by atoms with van der Waals surface area (Å²) in [6, 6.07) is -0.953. The molecule has 0 spiro atoms. The van der Waals surface area contributed by atoms with Crippen molar-refractivity contribution in [3.8, 4) is 0 Å². The zero-order chi connectivity index (χ0) is 8.27. The normalized spacial score (nSPS) is 23.3. The van der Waals surface area contributed by atoms with Gasteiger partial charge in [0.2, 0.25) is 0 Å². The molecular weight excluding hydrogens is 152 g/mol. The second-order valence-corrected chi connectivity index (χ2v) is 2.11. The average Bonchev–Trinajstić information content (AvgIpc) is 2.53. The van der Waals surface area contributed by atoms with Gasteiger partial charge in [-0.25, -0.2) is 10.3 Å². The van der Waals surface area contributed by atoms with Crippen LogP contribution in [0.15, 0.2) is 0 Å². The smallest absolute Gasteiger partial charge is 0.301 e. The van der Waals surface area contributed by atoms with Crippen molar-refractivity contribution in [3.63, 3.8) is 0 Å². The molecule has 1 unspecified atom stereocenters. The molecule has 1 atom stereocenters. The van der Waals surface area contributed by atoms with E-state index in [9.17, 15) is 4.79 Å². The molecule has 11 heavy (non-hydrogen) atoms. The fraction of sp³-hybridized carbons (Fsp3) is 0.750. The van der Waals surface area contributed by atoms with E-state index in [2.05, 4.69) is 10.6 Å². The molecule has 0 aliphatic carbocycles. The van der Waals surface area contributed by atoms with Gasteiger partial charge in [0.15, 0.2) is 0 Å². The molecule has 0 aromatic rings. The van der Waals surface area contributed by atoms with Gasteiger partial charge in [-0.15, -0.1) is 0 Å². The minimum absolute atomic E-state index is 0.389. The molecule has 5 N–H and O–H groups in total. The molecule has 7 nitrogen and oxygen atoms in total. The largest absolute Gasteiger partial charge is 0.366 e. The molecule has 0 aromatic heterocycles. The van der Waals surface area contributed by atoms with Gasteiger partial charge in [0, 0.05) is 13.2 Å². The summed E-state index contributed by atoms with van der Waals surface area (Å²) in [6.07, 6.45) is -0.484. The van der Waals surface area contributed by atoms with Gasteiger partial charge in [0.25, 0.3) is 0 Å². The van der Waals surface area contributed by atoms with Gasteiger partial charge in [0.1, 0.15) is 6.17 Å². The summed E-state index contributed by atoms with van der Waals surface area (Å²) in [7, 11) is 0. The lowest BCUT2D eigenvalue weighted by Crippen LogP contribution is -2.48. The van der Waals surface area contributed by atoms with Crippen LogP contribution in [0.2, 0.25) is 0 Å². The maximum atomic E-state index is 10.5. The third-order valence-corrected chi connectivity index (χ3v) is 1.40. The molecule has 0 radical (unpaired) electrons. The number of hydrogen-bond acceptors (Lipinski definition) is 5. The summed E-state index contributed by atoms with van der Waals surface area (Å²) in [6.45, 7) is 0.977. The van der Waals surface area contributed by atoms with Crippen molar-refractivity contribution in [1.82, 2.24) is 21.2 Å². The van der Waals surface area contributed by atoms with Crippen LogP contribution in [0.3, 0.4) is 0 Å². The van der Waals surface area contributed by atoms with E-state index in [-0.39, 0.29) is 0 Å². The highest BCUT2D eigenvalue weighted by Gasteiger charge is 2.24. The van der Waals surface area contributed by atoms with E-state index >= 15 is 0 Å². The van der Waals surface area contributed by atoms with Crippen LogP contribution in [-0.4, -0.2) is 40.9 Å². The predicted molar refractivity (Wildman–Crippen MR) is 33.7 cm³/mol. The van der Waals surface area contributed by atoms with Gasteiger partial charge in [-0.3, -0.25) is 15.7 Å². The van der Waals surface area contributed by atoms with E-state index in [1.165, 1.54) is 5.48 Å². The number of rotatable bonds is 1. The summed E-state index contributed by atoms with van der Waals surface area (Å²) in [5, 5.41) is 23.1. The summed E-state index contributed by atoms with van der Waals surface area (Å²) in [4.78, 5) is 10.5. The van der Waals surface area contributed by atoms with E-state index in [0.717, 1.165) is 0 Å². The highest BCUT2D eigenvalue weighted by atomic mass is 16.5. The maximum absolute atomic E-state index is 10.5. The summed E-state index contributed by atoms with van der Waals surface area (Å²) in [5.74, 6) is 0. The number of hydrogen-bond donors (Lipinski definition) is 5. The number of amides is 2. The molecule has 1 aliphatic rings. The minimum Gasteiger partial charge on any atom is -0.301 e. The van der Waals surface area contributed by atoms with Crippen LogP contribution in [0.5, 0.6) is 0 Å². The highest BCUT2D eigenvalue weighted by Crippen LogP contribution is 1.94. The molecule has 64 valence electrons. The van der Waals surface area contributed by atoms with Crippen LogP contribution in [0.4, 0.5) is 4.79 Å². The Kier molecular flexibility index (Phi) is 2.60. The Balaban J connectivity index is 2.39. The fourth-order valence-corrected chi connectivity index (χ4v) is 0.837. The molecule has 1 aliphatic heterocycles. The standard InChI is InChI=1S/C4H10N4O3/c9-4(7-10)8(11)3-1-5-2-6-3/h3,5-6,10-11H,1-2H2,(H,7,9). The van der Waals surface area contributed by atoms with Gasteiger partial charge in [-0.1, -0.05) is 0 Å². The van der Waals surface area contributed by atoms with Crippen LogP contribution in [0.1, 0.15) is 0 Å². The molecular formula is C4H10N4O3. The number of nitrogens with one attached hydrogen (secondary N) is 3. The van der Waals surface area contributed by atoms with Crippen LogP contribution in [-0.2, 0) is 0 Å². The average molecular weight is 162 g/mol. The Hall–Kier alpha value is -0.890. The second-order valence-electron chi connectivity index (χ2n) is 2.11. The van der Waals surface area contributed by atoms with Gasteiger partial charge >= 0.3 is 6.03 Å². The van der Waals surface area contributed by atoms with Crippen LogP contribution < -0.4 is 16.1 Å². The Labute approximate surface area is 62.9 Å². The number of urea groups is 1. The summed E-state index contributed by atoms with van der Waals surface area (Å²) < 4.78 is 0. The first-order valence-corrected chi connectivity index (χ1v) is 3.12. The lowest BCUT2D eigenvalue weighted by atomic mass is 10.5. The van der Waals surface area contributed by atoms with E-state index < -0.39 is 12.2 Å². The number of carbonyl (C=O) groups is 1. The zero-order valence-electron chi connectivity index (χ0n) is 5.74. The van der Waals surface area contributed by atoms with Gasteiger partial charge in [0.05, 0.1) is 0 Å². The molecule has 7 heteroatoms. The Bertz CT molecular complexity index is 146. The first-order chi connectivity index (χ1) is 5.25. The SMILES string of the molecule is O=C(NO)N(O)C1CNCN1. The second kappa shape index (κ2) is 3.49. The van der Waals surface area contributed by atoms with E-state index in [1.54, 1.807) is 0 Å². The van der Waals surface area contributed by atoms with Gasteiger partial charge in [-0.05, 0) is 0 Å². The lowest BCUT2D eigenvalue weighted by Gasteiger charge is -2.19. The molecule has 1 fully saturated rings. The molecule has 0 saturated carbocycles. The highest BCUT2D eigenvalue weighted by molar-refractivity contribution is 5.71. The topological polar surface area (TPSA) is 96.9 Å². The van der Waals surface area contributed by atoms with Crippen LogP contribution >= 0.6 is 0 Å². The Morgan fingerprint density at radius 3 is 2.91 bits per heavy atom. The van der Waals surface area contributed by atoms with E-state index in [4.69, 9.17) is 10.4 Å². The molecule has 1 heterocycles. The van der Waals surface area contributed by atoms with Crippen molar-refractivity contribution < 1.29 is 15.2 Å². The Morgan fingerprint density at radius 1 is 1.73 bits per heavy atom. The quantitative estimate of drug-likeness (QED) is 0.233. The van der Waals surface area contributed by atoms with Crippen molar-refractivity contribution in [3.05, 3.63) is 0 Å². The third kappa shape index (κ3) is 1.77. The minimum atomic E-state index is -0.953. The monoisotopic (exact) mass is 162 g/mol. The molecule has 2 amide bonds. The van der Waals surface area contributed by atoms with Crippen molar-refractivity contribution in [2.45, 2.75) is 6.17 Å². The van der Waals surface area contributed by atoms with Crippen molar-refractivity contribution in [1.29, 1.82) is 0 Å². The van der Waals surface area contributed by atoms with E-state index in [0.29, 0.717) is 18.3 Å². The van der Waals surface area contributed by atoms with Gasteiger partial charge < -0.3 is 5.32 Å². The Morgan fingerprint density at radius 2 is 2.45 bits per heavy atom.